The maximum atomic E-state index is 5.05. The minimum absolute atomic E-state index is 0.659. The molecule has 0 spiro atoms. The molecule has 0 aliphatic heterocycles. The van der Waals surface area contributed by atoms with Crippen LogP contribution in [0.25, 0.3) is 0 Å². The summed E-state index contributed by atoms with van der Waals surface area (Å²) in [4.78, 5) is 4.21. The number of hydrogen-bond donors (Lipinski definition) is 1. The molecule has 1 N–H and O–H groups in total. The Labute approximate surface area is 107 Å². The first-order chi connectivity index (χ1) is 8.33. The third-order valence-corrected chi connectivity index (χ3v) is 4.50. The summed E-state index contributed by atoms with van der Waals surface area (Å²) >= 11 is 1.98. The van der Waals surface area contributed by atoms with Crippen molar-refractivity contribution in [2.75, 3.05) is 13.4 Å². The highest BCUT2D eigenvalue weighted by molar-refractivity contribution is 7.99. The zero-order valence-electron chi connectivity index (χ0n) is 10.5. The summed E-state index contributed by atoms with van der Waals surface area (Å²) in [7, 11) is 1.64. The van der Waals surface area contributed by atoms with Crippen LogP contribution in [0.15, 0.2) is 18.3 Å². The average Bonchev–Trinajstić information content (AvgIpc) is 2.84. The van der Waals surface area contributed by atoms with Crippen molar-refractivity contribution >= 4 is 11.8 Å². The van der Waals surface area contributed by atoms with Crippen LogP contribution in [0.4, 0.5) is 0 Å². The molecule has 0 aromatic carbocycles. The lowest BCUT2D eigenvalue weighted by atomic mass is 10.2. The van der Waals surface area contributed by atoms with Gasteiger partial charge in [0.05, 0.1) is 7.11 Å². The lowest BCUT2D eigenvalue weighted by molar-refractivity contribution is 0.397. The molecule has 2 unspecified atom stereocenters. The third-order valence-electron chi connectivity index (χ3n) is 3.33. The van der Waals surface area contributed by atoms with E-state index in [4.69, 9.17) is 4.74 Å². The van der Waals surface area contributed by atoms with Gasteiger partial charge < -0.3 is 10.1 Å². The van der Waals surface area contributed by atoms with Gasteiger partial charge in [-0.05, 0) is 24.7 Å². The minimum atomic E-state index is 0.659. The van der Waals surface area contributed by atoms with Gasteiger partial charge in [0, 0.05) is 30.1 Å². The van der Waals surface area contributed by atoms with E-state index in [0.29, 0.717) is 11.9 Å². The predicted octanol–water partition coefficient (Wildman–Crippen LogP) is 2.46. The molecule has 1 aromatic rings. The largest absolute Gasteiger partial charge is 0.481 e. The number of nitrogens with one attached hydrogen (secondary N) is 1. The highest BCUT2D eigenvalue weighted by atomic mass is 32.2. The van der Waals surface area contributed by atoms with Crippen LogP contribution in [0.2, 0.25) is 0 Å². The second-order valence-corrected chi connectivity index (χ2v) is 5.48. The van der Waals surface area contributed by atoms with Gasteiger partial charge in [-0.3, -0.25) is 0 Å². The first-order valence-corrected chi connectivity index (χ1v) is 7.37. The van der Waals surface area contributed by atoms with Gasteiger partial charge in [0.25, 0.3) is 0 Å². The Hall–Kier alpha value is -0.740. The summed E-state index contributed by atoms with van der Waals surface area (Å²) < 4.78 is 5.05. The van der Waals surface area contributed by atoms with E-state index in [1.165, 1.54) is 24.8 Å². The number of rotatable bonds is 5. The molecule has 17 heavy (non-hydrogen) atoms. The first-order valence-electron chi connectivity index (χ1n) is 6.08. The van der Waals surface area contributed by atoms with Gasteiger partial charge in [0.15, 0.2) is 0 Å². The number of nitrogens with zero attached hydrogens (tertiary/aromatic N) is 1. The topological polar surface area (TPSA) is 34.1 Å². The van der Waals surface area contributed by atoms with Crippen molar-refractivity contribution in [2.45, 2.75) is 37.1 Å². The van der Waals surface area contributed by atoms with Gasteiger partial charge >= 0.3 is 0 Å². The van der Waals surface area contributed by atoms with Crippen LogP contribution < -0.4 is 10.1 Å². The summed E-state index contributed by atoms with van der Waals surface area (Å²) in [5.41, 5.74) is 1.22. The average molecular weight is 252 g/mol. The zero-order valence-corrected chi connectivity index (χ0v) is 11.3. The minimum Gasteiger partial charge on any atom is -0.481 e. The lowest BCUT2D eigenvalue weighted by Gasteiger charge is -2.19. The van der Waals surface area contributed by atoms with Crippen LogP contribution in [-0.4, -0.2) is 29.6 Å². The summed E-state index contributed by atoms with van der Waals surface area (Å²) in [6, 6.07) is 4.65. The molecule has 2 rings (SSSR count). The van der Waals surface area contributed by atoms with Gasteiger partial charge in [0.1, 0.15) is 0 Å². The monoisotopic (exact) mass is 252 g/mol. The maximum absolute atomic E-state index is 5.05. The van der Waals surface area contributed by atoms with Crippen LogP contribution in [0, 0.1) is 0 Å². The van der Waals surface area contributed by atoms with Crippen LogP contribution in [-0.2, 0) is 6.54 Å². The van der Waals surface area contributed by atoms with Gasteiger partial charge in [-0.1, -0.05) is 12.5 Å². The highest BCUT2D eigenvalue weighted by Gasteiger charge is 2.25. The number of thioether (sulfide) groups is 1. The Morgan fingerprint density at radius 1 is 1.47 bits per heavy atom. The molecule has 1 aliphatic rings. The number of methoxy groups -OCH3 is 1. The van der Waals surface area contributed by atoms with Crippen molar-refractivity contribution in [3.63, 3.8) is 0 Å². The molecule has 0 radical (unpaired) electrons. The molecule has 1 heterocycles. The Bertz CT molecular complexity index is 342. The molecule has 94 valence electrons. The molecular weight excluding hydrogens is 232 g/mol. The van der Waals surface area contributed by atoms with Crippen molar-refractivity contribution in [3.8, 4) is 5.88 Å². The zero-order chi connectivity index (χ0) is 12.1. The molecule has 0 saturated heterocycles. The lowest BCUT2D eigenvalue weighted by Crippen LogP contribution is -2.33. The molecule has 3 nitrogen and oxygen atoms in total. The maximum Gasteiger partial charge on any atom is 0.212 e. The molecule has 1 aliphatic carbocycles. The van der Waals surface area contributed by atoms with E-state index < -0.39 is 0 Å². The number of ether oxygens (including phenoxy) is 1. The third kappa shape index (κ3) is 3.36. The van der Waals surface area contributed by atoms with Crippen LogP contribution in [0.1, 0.15) is 24.8 Å². The summed E-state index contributed by atoms with van der Waals surface area (Å²) in [5, 5.41) is 4.41. The number of pyridine rings is 1. The first kappa shape index (κ1) is 12.7. The smallest absolute Gasteiger partial charge is 0.212 e. The normalized spacial score (nSPS) is 23.9. The highest BCUT2D eigenvalue weighted by Crippen LogP contribution is 2.28. The Kier molecular flexibility index (Phi) is 4.68. The number of aromatic nitrogens is 1. The van der Waals surface area contributed by atoms with Gasteiger partial charge in [0.2, 0.25) is 5.88 Å². The second kappa shape index (κ2) is 6.26. The second-order valence-electron chi connectivity index (χ2n) is 4.40. The van der Waals surface area contributed by atoms with Crippen molar-refractivity contribution in [1.29, 1.82) is 0 Å². The fraction of sp³-hybridized carbons (Fsp3) is 0.615. The molecular formula is C13H20N2OS. The van der Waals surface area contributed by atoms with Gasteiger partial charge in [-0.2, -0.15) is 11.8 Å². The molecule has 4 heteroatoms. The standard InChI is InChI=1S/C13H20N2OS/c1-16-13-7-6-10(9-15-13)8-14-11-4-3-5-12(11)17-2/h6-7,9,11-12,14H,3-5,8H2,1-2H3. The summed E-state index contributed by atoms with van der Waals surface area (Å²) in [6.07, 6.45) is 8.09. The SMILES string of the molecule is COc1ccc(CNC2CCCC2SC)cn1. The molecule has 0 amide bonds. The molecule has 1 saturated carbocycles. The van der Waals surface area contributed by atoms with Crippen LogP contribution in [0.3, 0.4) is 0 Å². The fourth-order valence-electron chi connectivity index (χ4n) is 2.33. The Balaban J connectivity index is 1.84. The van der Waals surface area contributed by atoms with Crippen molar-refractivity contribution in [3.05, 3.63) is 23.9 Å². The van der Waals surface area contributed by atoms with Crippen LogP contribution in [0.5, 0.6) is 5.88 Å². The molecule has 2 atom stereocenters. The molecule has 0 bridgehead atoms. The van der Waals surface area contributed by atoms with E-state index >= 15 is 0 Å². The van der Waals surface area contributed by atoms with Gasteiger partial charge in [-0.15, -0.1) is 0 Å². The molecule has 1 fully saturated rings. The fourth-order valence-corrected chi connectivity index (χ4v) is 3.29. The Morgan fingerprint density at radius 2 is 2.35 bits per heavy atom. The van der Waals surface area contributed by atoms with E-state index in [1.807, 2.05) is 24.0 Å². The van der Waals surface area contributed by atoms with E-state index in [0.717, 1.165) is 11.8 Å². The van der Waals surface area contributed by atoms with Crippen LogP contribution >= 0.6 is 11.8 Å². The van der Waals surface area contributed by atoms with E-state index in [9.17, 15) is 0 Å². The summed E-state index contributed by atoms with van der Waals surface area (Å²) in [6.45, 7) is 0.902. The number of hydrogen-bond acceptors (Lipinski definition) is 4. The predicted molar refractivity (Wildman–Crippen MR) is 72.6 cm³/mol. The molecule has 1 aromatic heterocycles. The van der Waals surface area contributed by atoms with Gasteiger partial charge in [-0.25, -0.2) is 4.98 Å². The van der Waals surface area contributed by atoms with E-state index in [1.54, 1.807) is 7.11 Å². The summed E-state index contributed by atoms with van der Waals surface area (Å²) in [5.74, 6) is 0.677. The van der Waals surface area contributed by atoms with E-state index in [2.05, 4.69) is 22.6 Å². The van der Waals surface area contributed by atoms with E-state index in [-0.39, 0.29) is 0 Å². The Morgan fingerprint density at radius 3 is 3.00 bits per heavy atom. The van der Waals surface area contributed by atoms with Crippen molar-refractivity contribution in [2.24, 2.45) is 0 Å². The van der Waals surface area contributed by atoms with Crippen molar-refractivity contribution < 1.29 is 4.74 Å². The quantitative estimate of drug-likeness (QED) is 0.873. The van der Waals surface area contributed by atoms with Crippen molar-refractivity contribution in [1.82, 2.24) is 10.3 Å².